The van der Waals surface area contributed by atoms with Gasteiger partial charge in [-0.25, -0.2) is 0 Å². The molecule has 0 saturated carbocycles. The van der Waals surface area contributed by atoms with E-state index >= 15 is 0 Å². The molecular weight excluding hydrogens is 192 g/mol. The van der Waals surface area contributed by atoms with Crippen LogP contribution in [0.5, 0.6) is 11.5 Å². The Morgan fingerprint density at radius 1 is 1.40 bits per heavy atom. The molecule has 0 spiro atoms. The SMILES string of the molecule is CCC(N)=NCc1ccc2c(c1)OCO2. The lowest BCUT2D eigenvalue weighted by atomic mass is 10.2. The third kappa shape index (κ3) is 2.21. The van der Waals surface area contributed by atoms with Crippen molar-refractivity contribution in [3.8, 4) is 11.5 Å². The van der Waals surface area contributed by atoms with E-state index in [9.17, 15) is 0 Å². The van der Waals surface area contributed by atoms with Crippen LogP contribution in [0.4, 0.5) is 0 Å². The van der Waals surface area contributed by atoms with Gasteiger partial charge in [-0.3, -0.25) is 4.99 Å². The zero-order chi connectivity index (χ0) is 10.7. The van der Waals surface area contributed by atoms with E-state index in [0.717, 1.165) is 23.5 Å². The predicted octanol–water partition coefficient (Wildman–Crippen LogP) is 1.68. The summed E-state index contributed by atoms with van der Waals surface area (Å²) < 4.78 is 10.5. The van der Waals surface area contributed by atoms with Crippen LogP contribution < -0.4 is 15.2 Å². The second-order valence-corrected chi connectivity index (χ2v) is 3.35. The summed E-state index contributed by atoms with van der Waals surface area (Å²) in [6, 6.07) is 5.81. The van der Waals surface area contributed by atoms with Gasteiger partial charge < -0.3 is 15.2 Å². The molecule has 80 valence electrons. The first-order valence-corrected chi connectivity index (χ1v) is 4.97. The van der Waals surface area contributed by atoms with Crippen LogP contribution in [0.3, 0.4) is 0 Å². The van der Waals surface area contributed by atoms with Crippen molar-refractivity contribution < 1.29 is 9.47 Å². The minimum absolute atomic E-state index is 0.305. The lowest BCUT2D eigenvalue weighted by Crippen LogP contribution is -2.09. The second-order valence-electron chi connectivity index (χ2n) is 3.35. The molecule has 15 heavy (non-hydrogen) atoms. The van der Waals surface area contributed by atoms with E-state index in [0.29, 0.717) is 19.2 Å². The largest absolute Gasteiger partial charge is 0.454 e. The molecule has 0 atom stereocenters. The van der Waals surface area contributed by atoms with Gasteiger partial charge in [0.1, 0.15) is 0 Å². The van der Waals surface area contributed by atoms with E-state index in [2.05, 4.69) is 4.99 Å². The van der Waals surface area contributed by atoms with Crippen LogP contribution >= 0.6 is 0 Å². The van der Waals surface area contributed by atoms with Crippen molar-refractivity contribution in [1.29, 1.82) is 0 Å². The summed E-state index contributed by atoms with van der Waals surface area (Å²) >= 11 is 0. The molecule has 0 unspecified atom stereocenters. The fourth-order valence-electron chi connectivity index (χ4n) is 1.34. The maximum Gasteiger partial charge on any atom is 0.231 e. The summed E-state index contributed by atoms with van der Waals surface area (Å²) in [5.74, 6) is 2.26. The molecule has 1 aromatic carbocycles. The molecule has 1 aromatic rings. The molecule has 0 aliphatic carbocycles. The Bertz CT molecular complexity index is 388. The number of fused-ring (bicyclic) bond motifs is 1. The molecule has 1 heterocycles. The number of hydrogen-bond acceptors (Lipinski definition) is 3. The summed E-state index contributed by atoms with van der Waals surface area (Å²) in [6.07, 6.45) is 0.782. The zero-order valence-electron chi connectivity index (χ0n) is 8.69. The molecule has 0 radical (unpaired) electrons. The number of nitrogens with two attached hydrogens (primary N) is 1. The Morgan fingerprint density at radius 3 is 3.00 bits per heavy atom. The molecule has 0 saturated heterocycles. The number of amidine groups is 1. The fraction of sp³-hybridized carbons (Fsp3) is 0.364. The van der Waals surface area contributed by atoms with Gasteiger partial charge >= 0.3 is 0 Å². The van der Waals surface area contributed by atoms with Crippen molar-refractivity contribution in [1.82, 2.24) is 0 Å². The first kappa shape index (κ1) is 9.83. The van der Waals surface area contributed by atoms with Crippen molar-refractivity contribution in [3.05, 3.63) is 23.8 Å². The highest BCUT2D eigenvalue weighted by molar-refractivity contribution is 5.79. The third-order valence-corrected chi connectivity index (χ3v) is 2.26. The van der Waals surface area contributed by atoms with E-state index in [4.69, 9.17) is 15.2 Å². The number of ether oxygens (including phenoxy) is 2. The highest BCUT2D eigenvalue weighted by Gasteiger charge is 2.12. The molecule has 4 nitrogen and oxygen atoms in total. The predicted molar refractivity (Wildman–Crippen MR) is 58.2 cm³/mol. The van der Waals surface area contributed by atoms with Crippen LogP contribution in [0.2, 0.25) is 0 Å². The van der Waals surface area contributed by atoms with Gasteiger partial charge in [-0.05, 0) is 17.7 Å². The molecular formula is C11H14N2O2. The molecule has 4 heteroatoms. The molecule has 0 amide bonds. The van der Waals surface area contributed by atoms with Crippen LogP contribution in [0, 0.1) is 0 Å². The number of hydrogen-bond donors (Lipinski definition) is 1. The van der Waals surface area contributed by atoms with Crippen LogP contribution in [-0.4, -0.2) is 12.6 Å². The second kappa shape index (κ2) is 4.21. The summed E-state index contributed by atoms with van der Waals surface area (Å²) in [5.41, 5.74) is 6.71. The van der Waals surface area contributed by atoms with Crippen LogP contribution in [-0.2, 0) is 6.54 Å². The maximum atomic E-state index is 5.63. The number of benzene rings is 1. The Morgan fingerprint density at radius 2 is 2.20 bits per heavy atom. The summed E-state index contributed by atoms with van der Waals surface area (Å²) in [7, 11) is 0. The minimum atomic E-state index is 0.305. The van der Waals surface area contributed by atoms with Gasteiger partial charge in [0, 0.05) is 6.42 Å². The highest BCUT2D eigenvalue weighted by Crippen LogP contribution is 2.32. The fourth-order valence-corrected chi connectivity index (χ4v) is 1.34. The standard InChI is InChI=1S/C11H14N2O2/c1-2-11(12)13-6-8-3-4-9-10(5-8)15-7-14-9/h3-5H,2,6-7H2,1H3,(H2,12,13). The monoisotopic (exact) mass is 206 g/mol. The zero-order valence-corrected chi connectivity index (χ0v) is 8.69. The van der Waals surface area contributed by atoms with Crippen molar-refractivity contribution in [2.75, 3.05) is 6.79 Å². The maximum absolute atomic E-state index is 5.63. The Labute approximate surface area is 88.7 Å². The van der Waals surface area contributed by atoms with Crippen molar-refractivity contribution in [3.63, 3.8) is 0 Å². The van der Waals surface area contributed by atoms with E-state index in [-0.39, 0.29) is 0 Å². The molecule has 2 N–H and O–H groups in total. The van der Waals surface area contributed by atoms with Gasteiger partial charge in [-0.2, -0.15) is 0 Å². The summed E-state index contributed by atoms with van der Waals surface area (Å²) in [4.78, 5) is 4.24. The highest BCUT2D eigenvalue weighted by atomic mass is 16.7. The molecule has 0 aromatic heterocycles. The lowest BCUT2D eigenvalue weighted by Gasteiger charge is -2.00. The van der Waals surface area contributed by atoms with E-state index in [1.54, 1.807) is 0 Å². The van der Waals surface area contributed by atoms with Crippen molar-refractivity contribution in [2.24, 2.45) is 10.7 Å². The first-order valence-electron chi connectivity index (χ1n) is 4.97. The Hall–Kier alpha value is -1.71. The normalized spacial score (nSPS) is 14.3. The van der Waals surface area contributed by atoms with Crippen molar-refractivity contribution in [2.45, 2.75) is 19.9 Å². The summed E-state index contributed by atoms with van der Waals surface area (Å²) in [6.45, 7) is 2.88. The third-order valence-electron chi connectivity index (χ3n) is 2.26. The van der Waals surface area contributed by atoms with Crippen LogP contribution in [0.1, 0.15) is 18.9 Å². The number of nitrogens with zero attached hydrogens (tertiary/aromatic N) is 1. The van der Waals surface area contributed by atoms with Gasteiger partial charge in [0.15, 0.2) is 11.5 Å². The molecule has 0 bridgehead atoms. The smallest absolute Gasteiger partial charge is 0.231 e. The van der Waals surface area contributed by atoms with Gasteiger partial charge in [0.25, 0.3) is 0 Å². The van der Waals surface area contributed by atoms with E-state index < -0.39 is 0 Å². The topological polar surface area (TPSA) is 56.8 Å². The van der Waals surface area contributed by atoms with Crippen molar-refractivity contribution >= 4 is 5.84 Å². The molecule has 2 rings (SSSR count). The molecule has 1 aliphatic rings. The van der Waals surface area contributed by atoms with Gasteiger partial charge in [0.05, 0.1) is 12.4 Å². The summed E-state index contributed by atoms with van der Waals surface area (Å²) in [5, 5.41) is 0. The molecule has 0 fully saturated rings. The average Bonchev–Trinajstić information content (AvgIpc) is 2.72. The first-order chi connectivity index (χ1) is 7.29. The Kier molecular flexibility index (Phi) is 2.76. The Balaban J connectivity index is 2.10. The minimum Gasteiger partial charge on any atom is -0.454 e. The average molecular weight is 206 g/mol. The van der Waals surface area contributed by atoms with Gasteiger partial charge in [0.2, 0.25) is 6.79 Å². The number of aliphatic imine (C=N–C) groups is 1. The van der Waals surface area contributed by atoms with E-state index in [1.165, 1.54) is 0 Å². The number of rotatable bonds is 3. The lowest BCUT2D eigenvalue weighted by molar-refractivity contribution is 0.174. The van der Waals surface area contributed by atoms with Gasteiger partial charge in [-0.15, -0.1) is 0 Å². The quantitative estimate of drug-likeness (QED) is 0.604. The van der Waals surface area contributed by atoms with E-state index in [1.807, 2.05) is 25.1 Å². The van der Waals surface area contributed by atoms with Crippen LogP contribution in [0.15, 0.2) is 23.2 Å². The van der Waals surface area contributed by atoms with Crippen LogP contribution in [0.25, 0.3) is 0 Å². The van der Waals surface area contributed by atoms with Gasteiger partial charge in [-0.1, -0.05) is 13.0 Å². The molecule has 1 aliphatic heterocycles.